The highest BCUT2D eigenvalue weighted by Crippen LogP contribution is 2.07. The Balaban J connectivity index is 3.55. The monoisotopic (exact) mass is 358 g/mol. The van der Waals surface area contributed by atoms with E-state index in [0.717, 1.165) is 31.6 Å². The van der Waals surface area contributed by atoms with E-state index in [0.29, 0.717) is 19.4 Å². The molecular weight excluding hydrogens is 328 g/mol. The fraction of sp³-hybridized carbons (Fsp3) is 0.789. The fourth-order valence-electron chi connectivity index (χ4n) is 2.13. The Morgan fingerprint density at radius 2 is 1.58 bits per heavy atom. The molecule has 0 aromatic carbocycles. The van der Waals surface area contributed by atoms with Crippen LogP contribution in [0.2, 0.25) is 0 Å². The summed E-state index contributed by atoms with van der Waals surface area (Å²) in [6.07, 6.45) is 7.78. The number of esters is 2. The van der Waals surface area contributed by atoms with Gasteiger partial charge >= 0.3 is 11.9 Å². The quantitative estimate of drug-likeness (QED) is 0.197. The van der Waals surface area contributed by atoms with Crippen molar-refractivity contribution >= 4 is 23.5 Å². The Hall–Kier alpha value is -1.21. The highest BCUT2D eigenvalue weighted by Gasteiger charge is 2.11. The molecule has 0 rings (SSSR count). The highest BCUT2D eigenvalue weighted by atomic mass is 35.5. The summed E-state index contributed by atoms with van der Waals surface area (Å²) >= 11 is 5.61. The van der Waals surface area contributed by atoms with Crippen LogP contribution in [0.15, 0.2) is 0 Å². The van der Waals surface area contributed by atoms with Crippen LogP contribution in [0.25, 0.3) is 0 Å². The summed E-state index contributed by atoms with van der Waals surface area (Å²) < 4.78 is 10.4. The van der Waals surface area contributed by atoms with Crippen molar-refractivity contribution in [3.8, 4) is 11.8 Å². The Morgan fingerprint density at radius 1 is 0.958 bits per heavy atom. The third-order valence-corrected chi connectivity index (χ3v) is 3.77. The van der Waals surface area contributed by atoms with Gasteiger partial charge < -0.3 is 9.47 Å². The van der Waals surface area contributed by atoms with Crippen molar-refractivity contribution in [2.24, 2.45) is 0 Å². The summed E-state index contributed by atoms with van der Waals surface area (Å²) in [6, 6.07) is 0. The summed E-state index contributed by atoms with van der Waals surface area (Å²) in [6.45, 7) is 4.09. The second kappa shape index (κ2) is 16.6. The summed E-state index contributed by atoms with van der Waals surface area (Å²) in [4.78, 5) is 23.2. The normalized spacial score (nSPS) is 11.3. The van der Waals surface area contributed by atoms with Crippen molar-refractivity contribution in [1.29, 1.82) is 0 Å². The molecule has 0 saturated heterocycles. The van der Waals surface area contributed by atoms with Crippen molar-refractivity contribution in [1.82, 2.24) is 0 Å². The number of ether oxygens (including phenoxy) is 2. The smallest absolute Gasteiger partial charge is 0.307 e. The maximum Gasteiger partial charge on any atom is 0.307 e. The first-order chi connectivity index (χ1) is 11.6. The van der Waals surface area contributed by atoms with Crippen LogP contribution in [0.4, 0.5) is 0 Å². The van der Waals surface area contributed by atoms with Gasteiger partial charge in [0.1, 0.15) is 0 Å². The lowest BCUT2D eigenvalue weighted by Gasteiger charge is -2.10. The lowest BCUT2D eigenvalue weighted by Crippen LogP contribution is -2.16. The average Bonchev–Trinajstić information content (AvgIpc) is 2.56. The molecule has 1 unspecified atom stereocenters. The van der Waals surface area contributed by atoms with Crippen LogP contribution in [0.5, 0.6) is 0 Å². The summed E-state index contributed by atoms with van der Waals surface area (Å²) in [5.74, 6) is 5.74. The molecule has 0 radical (unpaired) electrons. The van der Waals surface area contributed by atoms with Crippen molar-refractivity contribution in [2.75, 3.05) is 12.5 Å². The molecule has 0 aromatic rings. The minimum absolute atomic E-state index is 0.220. The van der Waals surface area contributed by atoms with Gasteiger partial charge in [0.2, 0.25) is 0 Å². The second-order valence-electron chi connectivity index (χ2n) is 5.67. The number of hydrogen-bond donors (Lipinski definition) is 0. The summed E-state index contributed by atoms with van der Waals surface area (Å²) in [5, 5.41) is 0. The molecule has 0 spiro atoms. The Kier molecular flexibility index (Phi) is 15.8. The molecule has 0 bridgehead atoms. The molecule has 0 aromatic heterocycles. The molecule has 4 nitrogen and oxygen atoms in total. The van der Waals surface area contributed by atoms with Gasteiger partial charge in [-0.3, -0.25) is 9.59 Å². The van der Waals surface area contributed by atoms with Crippen LogP contribution in [0.1, 0.15) is 78.1 Å². The van der Waals surface area contributed by atoms with Crippen LogP contribution < -0.4 is 0 Å². The van der Waals surface area contributed by atoms with E-state index in [1.54, 1.807) is 6.92 Å². The number of carbonyl (C=O) groups excluding carboxylic acids is 2. The van der Waals surface area contributed by atoms with E-state index in [9.17, 15) is 9.59 Å². The zero-order chi connectivity index (χ0) is 18.0. The first kappa shape index (κ1) is 22.8. The molecule has 0 aliphatic rings. The Morgan fingerprint density at radius 3 is 2.21 bits per heavy atom. The van der Waals surface area contributed by atoms with Crippen LogP contribution >= 0.6 is 11.6 Å². The van der Waals surface area contributed by atoms with Gasteiger partial charge in [0.05, 0.1) is 6.61 Å². The Labute approximate surface area is 151 Å². The zero-order valence-corrected chi connectivity index (χ0v) is 15.8. The van der Waals surface area contributed by atoms with Crippen LogP contribution in [0, 0.1) is 11.8 Å². The van der Waals surface area contributed by atoms with Gasteiger partial charge in [-0.25, -0.2) is 0 Å². The predicted octanol–water partition coefficient (Wildman–Crippen LogP) is 4.62. The largest absolute Gasteiger partial charge is 0.466 e. The lowest BCUT2D eigenvalue weighted by molar-refractivity contribution is -0.147. The molecule has 1 atom stereocenters. The molecule has 0 aliphatic heterocycles. The van der Waals surface area contributed by atoms with E-state index in [1.165, 1.54) is 12.8 Å². The van der Waals surface area contributed by atoms with E-state index in [-0.39, 0.29) is 30.9 Å². The molecule has 0 amide bonds. The van der Waals surface area contributed by atoms with Gasteiger partial charge in [0, 0.05) is 18.7 Å². The van der Waals surface area contributed by atoms with Crippen LogP contribution in [0.3, 0.4) is 0 Å². The maximum atomic E-state index is 11.6. The zero-order valence-electron chi connectivity index (χ0n) is 15.1. The fourth-order valence-corrected chi connectivity index (χ4v) is 2.32. The Bertz CT molecular complexity index is 398. The van der Waals surface area contributed by atoms with Crippen LogP contribution in [-0.4, -0.2) is 30.5 Å². The van der Waals surface area contributed by atoms with Gasteiger partial charge in [-0.1, -0.05) is 38.5 Å². The van der Waals surface area contributed by atoms with E-state index in [2.05, 4.69) is 11.8 Å². The standard InChI is InChI=1S/C19H31ClO4/c1-3-12-17(4-2)24-19(22)14-11-13-18(21)23-16-10-8-6-5-7-9-15-20/h17H,4-11,13-16H2,1-2H3. The summed E-state index contributed by atoms with van der Waals surface area (Å²) in [7, 11) is 0. The molecule has 24 heavy (non-hydrogen) atoms. The minimum Gasteiger partial charge on any atom is -0.466 e. The third-order valence-electron chi connectivity index (χ3n) is 3.50. The topological polar surface area (TPSA) is 52.6 Å². The molecule has 5 heteroatoms. The predicted molar refractivity (Wildman–Crippen MR) is 96.9 cm³/mol. The molecule has 0 N–H and O–H groups in total. The van der Waals surface area contributed by atoms with Crippen molar-refractivity contribution in [3.63, 3.8) is 0 Å². The number of halogens is 1. The van der Waals surface area contributed by atoms with Crippen molar-refractivity contribution < 1.29 is 19.1 Å². The minimum atomic E-state index is -0.348. The van der Waals surface area contributed by atoms with Crippen molar-refractivity contribution in [3.05, 3.63) is 0 Å². The number of carbonyl (C=O) groups is 2. The molecule has 0 saturated carbocycles. The van der Waals surface area contributed by atoms with Crippen molar-refractivity contribution in [2.45, 2.75) is 84.2 Å². The highest BCUT2D eigenvalue weighted by molar-refractivity contribution is 6.17. The molecule has 138 valence electrons. The summed E-state index contributed by atoms with van der Waals surface area (Å²) in [5.41, 5.74) is 0. The van der Waals surface area contributed by atoms with E-state index in [4.69, 9.17) is 21.1 Å². The molecule has 0 fully saturated rings. The number of unbranched alkanes of at least 4 members (excludes halogenated alkanes) is 5. The number of hydrogen-bond acceptors (Lipinski definition) is 4. The molecule has 0 heterocycles. The second-order valence-corrected chi connectivity index (χ2v) is 6.04. The number of alkyl halides is 1. The molecular formula is C19H31ClO4. The van der Waals surface area contributed by atoms with E-state index < -0.39 is 0 Å². The van der Waals surface area contributed by atoms with E-state index >= 15 is 0 Å². The third kappa shape index (κ3) is 14.4. The lowest BCUT2D eigenvalue weighted by atomic mass is 10.1. The van der Waals surface area contributed by atoms with Gasteiger partial charge in [-0.05, 0) is 32.6 Å². The van der Waals surface area contributed by atoms with Gasteiger partial charge in [-0.2, -0.15) is 0 Å². The van der Waals surface area contributed by atoms with Gasteiger partial charge in [0.15, 0.2) is 6.10 Å². The van der Waals surface area contributed by atoms with Crippen LogP contribution in [-0.2, 0) is 19.1 Å². The first-order valence-electron chi connectivity index (χ1n) is 8.97. The average molecular weight is 359 g/mol. The first-order valence-corrected chi connectivity index (χ1v) is 9.50. The van der Waals surface area contributed by atoms with Gasteiger partial charge in [0.25, 0.3) is 0 Å². The maximum absolute atomic E-state index is 11.6. The number of rotatable bonds is 14. The SMILES string of the molecule is CC#CC(CC)OC(=O)CCCC(=O)OCCCCCCCCCl. The molecule has 0 aliphatic carbocycles. The van der Waals surface area contributed by atoms with E-state index in [1.807, 2.05) is 6.92 Å². The van der Waals surface area contributed by atoms with Gasteiger partial charge in [-0.15, -0.1) is 17.5 Å².